The highest BCUT2D eigenvalue weighted by Gasteiger charge is 2.31. The minimum Gasteiger partial charge on any atom is -0.469 e. The van der Waals surface area contributed by atoms with E-state index in [9.17, 15) is 9.59 Å². The Kier molecular flexibility index (Phi) is 5.74. The molecule has 0 atom stereocenters. The molecule has 0 spiro atoms. The highest BCUT2D eigenvalue weighted by Crippen LogP contribution is 2.27. The maximum absolute atomic E-state index is 12.5. The number of methoxy groups -OCH3 is 1. The van der Waals surface area contributed by atoms with E-state index in [4.69, 9.17) is 9.47 Å². The number of halogens is 1. The van der Waals surface area contributed by atoms with Gasteiger partial charge >= 0.3 is 12.1 Å². The van der Waals surface area contributed by atoms with Crippen molar-refractivity contribution in [3.63, 3.8) is 0 Å². The summed E-state index contributed by atoms with van der Waals surface area (Å²) in [6, 6.07) is 3.73. The fourth-order valence-electron chi connectivity index (χ4n) is 3.03. The number of fused-ring (bicyclic) bond motifs is 1. The van der Waals surface area contributed by atoms with Crippen LogP contribution in [0.15, 0.2) is 22.9 Å². The van der Waals surface area contributed by atoms with Crippen molar-refractivity contribution in [3.05, 3.63) is 39.9 Å². The minimum absolute atomic E-state index is 0.0396. The Morgan fingerprint density at radius 2 is 2.04 bits per heavy atom. The molecule has 0 saturated heterocycles. The lowest BCUT2D eigenvalue weighted by Crippen LogP contribution is -2.40. The predicted octanol–water partition coefficient (Wildman–Crippen LogP) is 3.04. The molecule has 150 valence electrons. The van der Waals surface area contributed by atoms with Crippen molar-refractivity contribution in [2.45, 2.75) is 45.8 Å². The third-order valence-electron chi connectivity index (χ3n) is 4.29. The van der Waals surface area contributed by atoms with Gasteiger partial charge in [0, 0.05) is 18.5 Å². The molecule has 1 amide bonds. The van der Waals surface area contributed by atoms with E-state index >= 15 is 0 Å². The lowest BCUT2D eigenvalue weighted by molar-refractivity contribution is -0.139. The Labute approximate surface area is 172 Å². The third-order valence-corrected chi connectivity index (χ3v) is 4.76. The molecular formula is C19H23BrN4O4. The molecule has 0 radical (unpaired) electrons. The van der Waals surface area contributed by atoms with Gasteiger partial charge in [-0.3, -0.25) is 4.79 Å². The molecule has 0 aliphatic carbocycles. The molecule has 28 heavy (non-hydrogen) atoms. The second-order valence-electron chi connectivity index (χ2n) is 7.53. The largest absolute Gasteiger partial charge is 0.469 e. The van der Waals surface area contributed by atoms with Gasteiger partial charge in [0.2, 0.25) is 0 Å². The zero-order valence-electron chi connectivity index (χ0n) is 16.4. The number of hydrogen-bond donors (Lipinski definition) is 0. The number of amides is 1. The smallest absolute Gasteiger partial charge is 0.410 e. The molecule has 1 aliphatic rings. The lowest BCUT2D eigenvalue weighted by Gasteiger charge is -2.30. The van der Waals surface area contributed by atoms with Gasteiger partial charge in [0.05, 0.1) is 43.3 Å². The SMILES string of the molecule is COC(=O)Cc1nn(-c2ccc(Br)nc2)c2c1CN(C(=O)OC(C)(C)C)CC2. The summed E-state index contributed by atoms with van der Waals surface area (Å²) in [6.45, 7) is 6.35. The Morgan fingerprint density at radius 1 is 1.29 bits per heavy atom. The maximum Gasteiger partial charge on any atom is 0.410 e. The van der Waals surface area contributed by atoms with Crippen LogP contribution in [0.1, 0.15) is 37.7 Å². The number of rotatable bonds is 3. The first-order chi connectivity index (χ1) is 13.2. The van der Waals surface area contributed by atoms with Crippen LogP contribution in [0.3, 0.4) is 0 Å². The zero-order valence-corrected chi connectivity index (χ0v) is 17.9. The number of ether oxygens (including phenoxy) is 2. The monoisotopic (exact) mass is 450 g/mol. The number of hydrogen-bond acceptors (Lipinski definition) is 6. The van der Waals surface area contributed by atoms with E-state index in [1.807, 2.05) is 32.9 Å². The molecule has 0 fully saturated rings. The molecule has 8 nitrogen and oxygen atoms in total. The number of aromatic nitrogens is 3. The van der Waals surface area contributed by atoms with E-state index in [0.717, 1.165) is 21.5 Å². The molecule has 3 heterocycles. The van der Waals surface area contributed by atoms with Crippen molar-refractivity contribution in [1.82, 2.24) is 19.7 Å². The summed E-state index contributed by atoms with van der Waals surface area (Å²) in [7, 11) is 1.34. The van der Waals surface area contributed by atoms with Crippen LogP contribution in [0.25, 0.3) is 5.69 Å². The summed E-state index contributed by atoms with van der Waals surface area (Å²) >= 11 is 3.33. The van der Waals surface area contributed by atoms with Gasteiger partial charge in [-0.1, -0.05) is 0 Å². The Bertz CT molecular complexity index is 887. The number of carbonyl (C=O) groups is 2. The number of esters is 1. The van der Waals surface area contributed by atoms with Gasteiger partial charge in [0.1, 0.15) is 10.2 Å². The standard InChI is InChI=1S/C19H23BrN4O4/c1-19(2,3)28-18(26)23-8-7-15-13(11-23)14(9-17(25)27-4)22-24(15)12-5-6-16(20)21-10-12/h5-6,10H,7-9,11H2,1-4H3. The summed E-state index contributed by atoms with van der Waals surface area (Å²) in [4.78, 5) is 30.3. The predicted molar refractivity (Wildman–Crippen MR) is 105 cm³/mol. The molecule has 2 aromatic rings. The van der Waals surface area contributed by atoms with Crippen LogP contribution >= 0.6 is 15.9 Å². The van der Waals surface area contributed by atoms with Gasteiger partial charge in [0.15, 0.2) is 0 Å². The normalized spacial score (nSPS) is 13.8. The van der Waals surface area contributed by atoms with Crippen molar-refractivity contribution < 1.29 is 19.1 Å². The first-order valence-electron chi connectivity index (χ1n) is 8.94. The molecule has 3 rings (SSSR count). The van der Waals surface area contributed by atoms with Gasteiger partial charge in [-0.05, 0) is 48.8 Å². The lowest BCUT2D eigenvalue weighted by atomic mass is 10.0. The molecule has 2 aromatic heterocycles. The van der Waals surface area contributed by atoms with Crippen molar-refractivity contribution in [1.29, 1.82) is 0 Å². The Hall–Kier alpha value is -2.42. The van der Waals surface area contributed by atoms with E-state index in [2.05, 4.69) is 26.0 Å². The highest BCUT2D eigenvalue weighted by molar-refractivity contribution is 9.10. The first-order valence-corrected chi connectivity index (χ1v) is 9.73. The van der Waals surface area contributed by atoms with Crippen LogP contribution in [-0.4, -0.2) is 51.0 Å². The van der Waals surface area contributed by atoms with Crippen molar-refractivity contribution in [2.75, 3.05) is 13.7 Å². The van der Waals surface area contributed by atoms with Crippen LogP contribution in [0.4, 0.5) is 4.79 Å². The second-order valence-corrected chi connectivity index (χ2v) is 8.34. The third kappa shape index (κ3) is 4.52. The van der Waals surface area contributed by atoms with Crippen LogP contribution in [0, 0.1) is 0 Å². The number of carbonyl (C=O) groups excluding carboxylic acids is 2. The van der Waals surface area contributed by atoms with Crippen molar-refractivity contribution >= 4 is 28.0 Å². The number of pyridine rings is 1. The van der Waals surface area contributed by atoms with E-state index in [0.29, 0.717) is 25.2 Å². The minimum atomic E-state index is -0.570. The quantitative estimate of drug-likeness (QED) is 0.527. The van der Waals surface area contributed by atoms with Gasteiger partial charge in [0.25, 0.3) is 0 Å². The fraction of sp³-hybridized carbons (Fsp3) is 0.474. The van der Waals surface area contributed by atoms with Crippen LogP contribution in [0.5, 0.6) is 0 Å². The summed E-state index contributed by atoms with van der Waals surface area (Å²) in [6.07, 6.45) is 1.97. The molecule has 0 saturated carbocycles. The molecular weight excluding hydrogens is 428 g/mol. The molecule has 0 aromatic carbocycles. The van der Waals surface area contributed by atoms with E-state index in [1.54, 1.807) is 15.8 Å². The van der Waals surface area contributed by atoms with Gasteiger partial charge in [-0.15, -0.1) is 0 Å². The Balaban J connectivity index is 1.95. The molecule has 0 N–H and O–H groups in total. The Morgan fingerprint density at radius 3 is 2.64 bits per heavy atom. The average molecular weight is 451 g/mol. The van der Waals surface area contributed by atoms with Gasteiger partial charge in [-0.25, -0.2) is 14.5 Å². The average Bonchev–Trinajstić information content (AvgIpc) is 2.98. The maximum atomic E-state index is 12.5. The first kappa shape index (κ1) is 20.3. The van der Waals surface area contributed by atoms with Gasteiger partial charge < -0.3 is 14.4 Å². The van der Waals surface area contributed by atoms with Crippen molar-refractivity contribution in [3.8, 4) is 5.69 Å². The van der Waals surface area contributed by atoms with E-state index in [-0.39, 0.29) is 18.5 Å². The summed E-state index contributed by atoms with van der Waals surface area (Å²) < 4.78 is 12.8. The molecule has 1 aliphatic heterocycles. The number of nitrogens with zero attached hydrogens (tertiary/aromatic N) is 4. The van der Waals surface area contributed by atoms with Crippen molar-refractivity contribution in [2.24, 2.45) is 0 Å². The summed E-state index contributed by atoms with van der Waals surface area (Å²) in [5, 5.41) is 4.63. The highest BCUT2D eigenvalue weighted by atomic mass is 79.9. The molecule has 9 heteroatoms. The van der Waals surface area contributed by atoms with E-state index < -0.39 is 5.60 Å². The summed E-state index contributed by atoms with van der Waals surface area (Å²) in [5.41, 5.74) is 2.63. The van der Waals surface area contributed by atoms with Crippen LogP contribution in [-0.2, 0) is 33.7 Å². The molecule has 0 bridgehead atoms. The van der Waals surface area contributed by atoms with E-state index in [1.165, 1.54) is 7.11 Å². The van der Waals surface area contributed by atoms with Crippen LogP contribution in [0.2, 0.25) is 0 Å². The molecule has 0 unspecified atom stereocenters. The van der Waals surface area contributed by atoms with Gasteiger partial charge in [-0.2, -0.15) is 5.10 Å². The van der Waals surface area contributed by atoms with Crippen LogP contribution < -0.4 is 0 Å². The topological polar surface area (TPSA) is 86.5 Å². The zero-order chi connectivity index (χ0) is 20.5. The summed E-state index contributed by atoms with van der Waals surface area (Å²) in [5.74, 6) is -0.379. The second kappa shape index (κ2) is 7.90. The fourth-order valence-corrected chi connectivity index (χ4v) is 3.26.